The Kier molecular flexibility index (Phi) is 6.93. The molecule has 1 aromatic heterocycles. The number of rotatable bonds is 8. The van der Waals surface area contributed by atoms with E-state index in [1.807, 2.05) is 56.6 Å². The Morgan fingerprint density at radius 2 is 1.91 bits per heavy atom. The first-order valence-corrected chi connectivity index (χ1v) is 11.7. The van der Waals surface area contributed by atoms with Crippen molar-refractivity contribution in [2.24, 2.45) is 4.99 Å². The van der Waals surface area contributed by atoms with Gasteiger partial charge in [-0.15, -0.1) is 11.3 Å². The molecule has 33 heavy (non-hydrogen) atoms. The minimum Gasteiger partial charge on any atom is -0.481 e. The lowest BCUT2D eigenvalue weighted by atomic mass is 9.94. The summed E-state index contributed by atoms with van der Waals surface area (Å²) in [6, 6.07) is 17.2. The van der Waals surface area contributed by atoms with Gasteiger partial charge < -0.3 is 15.3 Å². The Labute approximate surface area is 201 Å². The fraction of sp³-hybridized carbons (Fsp3) is 0.240. The van der Waals surface area contributed by atoms with E-state index in [2.05, 4.69) is 10.2 Å². The molecule has 8 heteroatoms. The third-order valence-electron chi connectivity index (χ3n) is 5.30. The molecule has 2 aromatic carbocycles. The van der Waals surface area contributed by atoms with Gasteiger partial charge in [0.2, 0.25) is 5.91 Å². The maximum atomic E-state index is 13.0. The second-order valence-electron chi connectivity index (χ2n) is 8.21. The minimum absolute atomic E-state index is 0.0605. The standard InChI is InChI=1S/C25H24ClN3O3S/c1-29(2)14-15-3-6-17(7-4-15)27-24(21-11-8-18(33-21)9-12-22(30)31)23-19-10-5-16(26)13-20(19)28-25(23)32/h3-8,10-11,13,23H,9,12,14H2,1-2H3,(H,28,32)(H,30,31). The molecule has 6 nitrogen and oxygen atoms in total. The van der Waals surface area contributed by atoms with Crippen molar-refractivity contribution in [2.75, 3.05) is 19.4 Å². The SMILES string of the molecule is CN(C)Cc1ccc(N=C(c2ccc(CCC(=O)O)s2)C2C(=O)Nc3cc(Cl)ccc32)cc1. The van der Waals surface area contributed by atoms with Gasteiger partial charge in [0.15, 0.2) is 0 Å². The van der Waals surface area contributed by atoms with E-state index in [-0.39, 0.29) is 12.3 Å². The van der Waals surface area contributed by atoms with Crippen molar-refractivity contribution in [3.05, 3.63) is 80.5 Å². The summed E-state index contributed by atoms with van der Waals surface area (Å²) in [6.45, 7) is 0.827. The van der Waals surface area contributed by atoms with Crippen molar-refractivity contribution in [3.63, 3.8) is 0 Å². The van der Waals surface area contributed by atoms with E-state index in [4.69, 9.17) is 21.7 Å². The van der Waals surface area contributed by atoms with Gasteiger partial charge in [-0.3, -0.25) is 14.6 Å². The van der Waals surface area contributed by atoms with Crippen LogP contribution >= 0.6 is 22.9 Å². The topological polar surface area (TPSA) is 82.0 Å². The predicted octanol–water partition coefficient (Wildman–Crippen LogP) is 5.34. The summed E-state index contributed by atoms with van der Waals surface area (Å²) in [5, 5.41) is 12.5. The summed E-state index contributed by atoms with van der Waals surface area (Å²) in [7, 11) is 4.04. The number of carboxylic acids is 1. The van der Waals surface area contributed by atoms with Crippen LogP contribution in [0.25, 0.3) is 0 Å². The summed E-state index contributed by atoms with van der Waals surface area (Å²) in [4.78, 5) is 32.8. The molecule has 1 aliphatic heterocycles. The lowest BCUT2D eigenvalue weighted by molar-refractivity contribution is -0.136. The van der Waals surface area contributed by atoms with Gasteiger partial charge in [0, 0.05) is 27.0 Å². The molecule has 4 rings (SSSR count). The van der Waals surface area contributed by atoms with Crippen LogP contribution in [0.15, 0.2) is 59.6 Å². The van der Waals surface area contributed by atoms with Gasteiger partial charge in [0.25, 0.3) is 0 Å². The summed E-state index contributed by atoms with van der Waals surface area (Å²) in [5.74, 6) is -1.57. The number of fused-ring (bicyclic) bond motifs is 1. The maximum Gasteiger partial charge on any atom is 0.303 e. The van der Waals surface area contributed by atoms with Crippen LogP contribution < -0.4 is 5.32 Å². The van der Waals surface area contributed by atoms with Crippen LogP contribution in [0.2, 0.25) is 5.02 Å². The third kappa shape index (κ3) is 5.50. The summed E-state index contributed by atoms with van der Waals surface area (Å²) < 4.78 is 0. The van der Waals surface area contributed by atoms with Crippen LogP contribution in [0, 0.1) is 0 Å². The third-order valence-corrected chi connectivity index (χ3v) is 6.71. The number of hydrogen-bond donors (Lipinski definition) is 2. The second kappa shape index (κ2) is 9.87. The molecule has 0 saturated heterocycles. The number of carboxylic acid groups (broad SMARTS) is 1. The summed E-state index contributed by atoms with van der Waals surface area (Å²) >= 11 is 7.60. The van der Waals surface area contributed by atoms with Crippen molar-refractivity contribution in [1.29, 1.82) is 0 Å². The highest BCUT2D eigenvalue weighted by Crippen LogP contribution is 2.39. The number of carbonyl (C=O) groups is 2. The number of carbonyl (C=O) groups excluding carboxylic acids is 1. The van der Waals surface area contributed by atoms with E-state index in [1.165, 1.54) is 16.9 Å². The van der Waals surface area contributed by atoms with Gasteiger partial charge in [0.1, 0.15) is 5.92 Å². The van der Waals surface area contributed by atoms with Crippen molar-refractivity contribution >= 4 is 51.9 Å². The highest BCUT2D eigenvalue weighted by molar-refractivity contribution is 7.14. The van der Waals surface area contributed by atoms with Gasteiger partial charge in [-0.2, -0.15) is 0 Å². The van der Waals surface area contributed by atoms with Crippen LogP contribution in [0.1, 0.15) is 33.2 Å². The molecular formula is C25H24ClN3O3S. The monoisotopic (exact) mass is 481 g/mol. The van der Waals surface area contributed by atoms with E-state index in [0.29, 0.717) is 22.8 Å². The van der Waals surface area contributed by atoms with Crippen LogP contribution in [0.3, 0.4) is 0 Å². The Morgan fingerprint density at radius 1 is 1.15 bits per heavy atom. The molecule has 1 atom stereocenters. The van der Waals surface area contributed by atoms with E-state index >= 15 is 0 Å². The Balaban J connectivity index is 1.74. The Morgan fingerprint density at radius 3 is 2.61 bits per heavy atom. The van der Waals surface area contributed by atoms with E-state index < -0.39 is 11.9 Å². The lowest BCUT2D eigenvalue weighted by Crippen LogP contribution is -2.21. The number of aliphatic imine (C=N–C) groups is 1. The van der Waals surface area contributed by atoms with E-state index in [1.54, 1.807) is 12.1 Å². The molecular weight excluding hydrogens is 458 g/mol. The van der Waals surface area contributed by atoms with Crippen LogP contribution in [0.4, 0.5) is 11.4 Å². The van der Waals surface area contributed by atoms with Gasteiger partial charge in [-0.1, -0.05) is 29.8 Å². The average molecular weight is 482 g/mol. The van der Waals surface area contributed by atoms with Crippen LogP contribution in [-0.2, 0) is 22.6 Å². The zero-order chi connectivity index (χ0) is 23.5. The molecule has 170 valence electrons. The Bertz CT molecular complexity index is 1220. The molecule has 0 radical (unpaired) electrons. The fourth-order valence-electron chi connectivity index (χ4n) is 3.83. The van der Waals surface area contributed by atoms with Gasteiger partial charge in [-0.05, 0) is 68.0 Å². The highest BCUT2D eigenvalue weighted by atomic mass is 35.5. The maximum absolute atomic E-state index is 13.0. The zero-order valence-electron chi connectivity index (χ0n) is 18.3. The van der Waals surface area contributed by atoms with E-state index in [0.717, 1.165) is 27.5 Å². The number of halogens is 1. The normalized spacial score (nSPS) is 15.6. The molecule has 0 aliphatic carbocycles. The number of aryl methyl sites for hydroxylation is 1. The molecule has 2 heterocycles. The first-order chi connectivity index (χ1) is 15.8. The highest BCUT2D eigenvalue weighted by Gasteiger charge is 2.36. The number of amides is 1. The molecule has 3 aromatic rings. The van der Waals surface area contributed by atoms with Crippen molar-refractivity contribution in [2.45, 2.75) is 25.3 Å². The van der Waals surface area contributed by atoms with Gasteiger partial charge in [0.05, 0.1) is 17.8 Å². The van der Waals surface area contributed by atoms with Crippen molar-refractivity contribution in [1.82, 2.24) is 4.90 Å². The lowest BCUT2D eigenvalue weighted by Gasteiger charge is -2.13. The molecule has 0 fully saturated rings. The second-order valence-corrected chi connectivity index (χ2v) is 9.82. The predicted molar refractivity (Wildman–Crippen MR) is 133 cm³/mol. The van der Waals surface area contributed by atoms with Gasteiger partial charge in [-0.25, -0.2) is 0 Å². The first kappa shape index (κ1) is 23.2. The number of anilines is 1. The first-order valence-electron chi connectivity index (χ1n) is 10.5. The van der Waals surface area contributed by atoms with E-state index in [9.17, 15) is 9.59 Å². The fourth-order valence-corrected chi connectivity index (χ4v) is 5.03. The average Bonchev–Trinajstić information content (AvgIpc) is 3.35. The largest absolute Gasteiger partial charge is 0.481 e. The molecule has 0 spiro atoms. The van der Waals surface area contributed by atoms with Crippen molar-refractivity contribution in [3.8, 4) is 0 Å². The molecule has 1 amide bonds. The number of benzene rings is 2. The zero-order valence-corrected chi connectivity index (χ0v) is 19.9. The molecule has 2 N–H and O–H groups in total. The quantitative estimate of drug-likeness (QED) is 0.425. The van der Waals surface area contributed by atoms with Crippen LogP contribution in [-0.4, -0.2) is 41.7 Å². The number of hydrogen-bond acceptors (Lipinski definition) is 5. The van der Waals surface area contributed by atoms with Gasteiger partial charge >= 0.3 is 5.97 Å². The smallest absolute Gasteiger partial charge is 0.303 e. The Hall–Kier alpha value is -3.00. The minimum atomic E-state index is -0.836. The van der Waals surface area contributed by atoms with Crippen molar-refractivity contribution < 1.29 is 14.7 Å². The summed E-state index contributed by atoms with van der Waals surface area (Å²) in [5.41, 5.74) is 4.08. The molecule has 1 aliphatic rings. The van der Waals surface area contributed by atoms with Crippen LogP contribution in [0.5, 0.6) is 0 Å². The number of nitrogens with one attached hydrogen (secondary N) is 1. The molecule has 0 bridgehead atoms. The molecule has 0 saturated carbocycles. The molecule has 1 unspecified atom stereocenters. The summed E-state index contributed by atoms with van der Waals surface area (Å²) in [6.07, 6.45) is 0.501. The number of nitrogens with zero attached hydrogens (tertiary/aromatic N) is 2. The number of aliphatic carboxylic acids is 1. The number of thiophene rings is 1.